The van der Waals surface area contributed by atoms with E-state index in [4.69, 9.17) is 21.1 Å². The van der Waals surface area contributed by atoms with Crippen molar-refractivity contribution in [3.05, 3.63) is 46.5 Å². The van der Waals surface area contributed by atoms with Gasteiger partial charge in [-0.15, -0.1) is 0 Å². The molecular weight excluding hydrogens is 424 g/mol. The fourth-order valence-electron chi connectivity index (χ4n) is 2.76. The minimum atomic E-state index is -0.328. The van der Waals surface area contributed by atoms with Crippen molar-refractivity contribution in [1.82, 2.24) is 15.4 Å². The topological polar surface area (TPSA) is 88.6 Å². The molecule has 30 heavy (non-hydrogen) atoms. The molecule has 0 radical (unpaired) electrons. The van der Waals surface area contributed by atoms with Gasteiger partial charge in [0.2, 0.25) is 0 Å². The number of nitrogens with one attached hydrogen (secondary N) is 2. The first-order chi connectivity index (χ1) is 14.4. The third-order valence-corrected chi connectivity index (χ3v) is 5.15. The number of H-pyrrole nitrogens is 1. The van der Waals surface area contributed by atoms with Gasteiger partial charge in [-0.2, -0.15) is 5.10 Å². The first kappa shape index (κ1) is 22.0. The Morgan fingerprint density at radius 1 is 1.37 bits per heavy atom. The minimum Gasteiger partial charge on any atom is -0.491 e. The van der Waals surface area contributed by atoms with Crippen LogP contribution in [0, 0.1) is 0 Å². The molecule has 2 aromatic carbocycles. The summed E-state index contributed by atoms with van der Waals surface area (Å²) in [6.07, 6.45) is 1.50. The molecule has 0 unspecified atom stereocenters. The van der Waals surface area contributed by atoms with E-state index in [1.165, 1.54) is 13.3 Å². The zero-order valence-electron chi connectivity index (χ0n) is 17.2. The number of benzene rings is 2. The molecule has 0 aliphatic rings. The van der Waals surface area contributed by atoms with E-state index in [9.17, 15) is 4.79 Å². The standard InChI is InChI=1S/C21H23ClN4O3S/c1-5-29-18-9-13(8-15(22)19(18)28-4)11-23-26-20(27)14-6-7-16-17(10-14)25-21(24-16)30-12(2)3/h6-12H,5H2,1-4H3,(H,24,25)(H,26,27)/b23-11-. The highest BCUT2D eigenvalue weighted by molar-refractivity contribution is 7.99. The number of ether oxygens (including phenoxy) is 2. The Hall–Kier alpha value is -2.71. The fourth-order valence-corrected chi connectivity index (χ4v) is 3.82. The largest absolute Gasteiger partial charge is 0.491 e. The van der Waals surface area contributed by atoms with Crippen LogP contribution in [-0.4, -0.2) is 41.1 Å². The highest BCUT2D eigenvalue weighted by atomic mass is 35.5. The summed E-state index contributed by atoms with van der Waals surface area (Å²) in [5.74, 6) is 0.646. The van der Waals surface area contributed by atoms with Crippen LogP contribution in [0.25, 0.3) is 11.0 Å². The molecule has 1 amide bonds. The summed E-state index contributed by atoms with van der Waals surface area (Å²) in [4.78, 5) is 20.2. The highest BCUT2D eigenvalue weighted by Gasteiger charge is 2.12. The van der Waals surface area contributed by atoms with Crippen molar-refractivity contribution in [2.24, 2.45) is 5.10 Å². The molecule has 0 spiro atoms. The molecule has 0 saturated heterocycles. The van der Waals surface area contributed by atoms with Crippen molar-refractivity contribution >= 4 is 46.5 Å². The monoisotopic (exact) mass is 446 g/mol. The molecule has 7 nitrogen and oxygen atoms in total. The van der Waals surface area contributed by atoms with Gasteiger partial charge in [0.05, 0.1) is 36.0 Å². The van der Waals surface area contributed by atoms with Crippen LogP contribution in [0.5, 0.6) is 11.5 Å². The average Bonchev–Trinajstić information content (AvgIpc) is 3.08. The number of aromatic amines is 1. The van der Waals surface area contributed by atoms with Crippen molar-refractivity contribution in [2.75, 3.05) is 13.7 Å². The van der Waals surface area contributed by atoms with E-state index < -0.39 is 0 Å². The van der Waals surface area contributed by atoms with Gasteiger partial charge in [-0.05, 0) is 42.8 Å². The van der Waals surface area contributed by atoms with Crippen LogP contribution in [0.2, 0.25) is 5.02 Å². The van der Waals surface area contributed by atoms with Crippen LogP contribution in [0.15, 0.2) is 40.6 Å². The van der Waals surface area contributed by atoms with E-state index in [2.05, 4.69) is 34.3 Å². The zero-order chi connectivity index (χ0) is 21.7. The van der Waals surface area contributed by atoms with E-state index in [1.807, 2.05) is 13.0 Å². The van der Waals surface area contributed by atoms with E-state index in [-0.39, 0.29) is 5.91 Å². The molecule has 0 aliphatic heterocycles. The molecule has 0 atom stereocenters. The summed E-state index contributed by atoms with van der Waals surface area (Å²) in [6.45, 7) is 6.54. The summed E-state index contributed by atoms with van der Waals surface area (Å²) in [5.41, 5.74) is 5.29. The van der Waals surface area contributed by atoms with Gasteiger partial charge in [0.1, 0.15) is 0 Å². The molecule has 3 rings (SSSR count). The van der Waals surface area contributed by atoms with Gasteiger partial charge in [0.25, 0.3) is 5.91 Å². The van der Waals surface area contributed by atoms with Crippen molar-refractivity contribution in [3.8, 4) is 11.5 Å². The molecule has 1 aromatic heterocycles. The molecule has 0 aliphatic carbocycles. The Morgan fingerprint density at radius 3 is 2.87 bits per heavy atom. The number of carbonyl (C=O) groups is 1. The van der Waals surface area contributed by atoms with E-state index in [0.29, 0.717) is 39.5 Å². The summed E-state index contributed by atoms with van der Waals surface area (Å²) in [5, 5.41) is 5.67. The molecule has 0 fully saturated rings. The SMILES string of the molecule is CCOc1cc(/C=N\NC(=O)c2ccc3nc(SC(C)C)[nH]c3c2)cc(Cl)c1OC. The number of halogens is 1. The third-order valence-electron chi connectivity index (χ3n) is 3.99. The van der Waals surface area contributed by atoms with Gasteiger partial charge < -0.3 is 14.5 Å². The second kappa shape index (κ2) is 9.86. The van der Waals surface area contributed by atoms with Gasteiger partial charge in [0.15, 0.2) is 16.7 Å². The molecule has 1 heterocycles. The first-order valence-corrected chi connectivity index (χ1v) is 10.7. The molecule has 0 bridgehead atoms. The number of rotatable bonds is 8. The fraction of sp³-hybridized carbons (Fsp3) is 0.286. The van der Waals surface area contributed by atoms with Crippen LogP contribution < -0.4 is 14.9 Å². The molecular formula is C21H23ClN4O3S. The number of carbonyl (C=O) groups excluding carboxylic acids is 1. The van der Waals surface area contributed by atoms with E-state index in [0.717, 1.165) is 16.2 Å². The molecule has 0 saturated carbocycles. The lowest BCUT2D eigenvalue weighted by molar-refractivity contribution is 0.0955. The maximum Gasteiger partial charge on any atom is 0.271 e. The summed E-state index contributed by atoms with van der Waals surface area (Å²) >= 11 is 7.87. The Kier molecular flexibility index (Phi) is 7.23. The number of methoxy groups -OCH3 is 1. The second-order valence-corrected chi connectivity index (χ2v) is 8.58. The lowest BCUT2D eigenvalue weighted by Crippen LogP contribution is -2.17. The van der Waals surface area contributed by atoms with Gasteiger partial charge in [0, 0.05) is 10.8 Å². The maximum atomic E-state index is 12.5. The number of hydrogen-bond donors (Lipinski definition) is 2. The predicted octanol–water partition coefficient (Wildman–Crippen LogP) is 4.89. The summed E-state index contributed by atoms with van der Waals surface area (Å²) < 4.78 is 10.8. The number of thioether (sulfide) groups is 1. The molecule has 158 valence electrons. The van der Waals surface area contributed by atoms with E-state index in [1.54, 1.807) is 36.0 Å². The van der Waals surface area contributed by atoms with Gasteiger partial charge in [-0.3, -0.25) is 4.79 Å². The predicted molar refractivity (Wildman–Crippen MR) is 121 cm³/mol. The lowest BCUT2D eigenvalue weighted by Gasteiger charge is -2.11. The van der Waals surface area contributed by atoms with Crippen LogP contribution >= 0.6 is 23.4 Å². The number of imidazole rings is 1. The van der Waals surface area contributed by atoms with Gasteiger partial charge in [-0.25, -0.2) is 10.4 Å². The van der Waals surface area contributed by atoms with Crippen LogP contribution in [0.4, 0.5) is 0 Å². The third kappa shape index (κ3) is 5.25. The highest BCUT2D eigenvalue weighted by Crippen LogP contribution is 2.35. The minimum absolute atomic E-state index is 0.328. The van der Waals surface area contributed by atoms with Gasteiger partial charge >= 0.3 is 0 Å². The molecule has 9 heteroatoms. The molecule has 3 aromatic rings. The zero-order valence-corrected chi connectivity index (χ0v) is 18.7. The summed E-state index contributed by atoms with van der Waals surface area (Å²) in [6, 6.07) is 8.72. The average molecular weight is 447 g/mol. The van der Waals surface area contributed by atoms with Crippen molar-refractivity contribution in [2.45, 2.75) is 31.2 Å². The number of hydrazone groups is 1. The number of nitrogens with zero attached hydrogens (tertiary/aromatic N) is 2. The van der Waals surface area contributed by atoms with Crippen molar-refractivity contribution < 1.29 is 14.3 Å². The number of hydrogen-bond acceptors (Lipinski definition) is 6. The quantitative estimate of drug-likeness (QED) is 0.292. The Labute approximate surface area is 184 Å². The number of amides is 1. The first-order valence-electron chi connectivity index (χ1n) is 9.41. The van der Waals surface area contributed by atoms with Gasteiger partial charge in [-0.1, -0.05) is 37.2 Å². The Bertz CT molecular complexity index is 1080. The molecule has 2 N–H and O–H groups in total. The number of fused-ring (bicyclic) bond motifs is 1. The normalized spacial score (nSPS) is 11.4. The maximum absolute atomic E-state index is 12.5. The van der Waals surface area contributed by atoms with E-state index >= 15 is 0 Å². The summed E-state index contributed by atoms with van der Waals surface area (Å²) in [7, 11) is 1.53. The second-order valence-electron chi connectivity index (χ2n) is 6.61. The van der Waals surface area contributed by atoms with Crippen LogP contribution in [0.3, 0.4) is 0 Å². The van der Waals surface area contributed by atoms with Crippen LogP contribution in [0.1, 0.15) is 36.7 Å². The van der Waals surface area contributed by atoms with Crippen LogP contribution in [-0.2, 0) is 0 Å². The smallest absolute Gasteiger partial charge is 0.271 e. The Morgan fingerprint density at radius 2 is 2.17 bits per heavy atom. The number of aromatic nitrogens is 2. The lowest BCUT2D eigenvalue weighted by atomic mass is 10.2. The Balaban J connectivity index is 1.72. The van der Waals surface area contributed by atoms with Crippen molar-refractivity contribution in [1.29, 1.82) is 0 Å². The van der Waals surface area contributed by atoms with Crippen molar-refractivity contribution in [3.63, 3.8) is 0 Å².